The quantitative estimate of drug-likeness (QED) is 0.773. The first-order chi connectivity index (χ1) is 7.16. The van der Waals surface area contributed by atoms with Gasteiger partial charge in [-0.25, -0.2) is 0 Å². The SMILES string of the molecule is C/C=C\c1c(C)cccc1[C@@H](C)N.CC. The number of nitrogens with two attached hydrogens (primary N) is 1. The topological polar surface area (TPSA) is 26.0 Å². The van der Waals surface area contributed by atoms with Crippen molar-refractivity contribution in [1.82, 2.24) is 0 Å². The van der Waals surface area contributed by atoms with Crippen LogP contribution in [-0.4, -0.2) is 0 Å². The molecule has 1 aromatic rings. The highest BCUT2D eigenvalue weighted by molar-refractivity contribution is 5.58. The smallest absolute Gasteiger partial charge is 0.0272 e. The van der Waals surface area contributed by atoms with Crippen LogP contribution in [0.3, 0.4) is 0 Å². The van der Waals surface area contributed by atoms with Gasteiger partial charge in [0, 0.05) is 6.04 Å². The van der Waals surface area contributed by atoms with Gasteiger partial charge in [0.05, 0.1) is 0 Å². The molecule has 0 spiro atoms. The molecule has 15 heavy (non-hydrogen) atoms. The van der Waals surface area contributed by atoms with Crippen LogP contribution in [0.4, 0.5) is 0 Å². The molecule has 1 aromatic carbocycles. The van der Waals surface area contributed by atoms with E-state index >= 15 is 0 Å². The van der Waals surface area contributed by atoms with E-state index in [4.69, 9.17) is 5.73 Å². The second-order valence-corrected chi connectivity index (χ2v) is 3.37. The van der Waals surface area contributed by atoms with Gasteiger partial charge in [-0.05, 0) is 37.5 Å². The molecule has 0 radical (unpaired) electrons. The summed E-state index contributed by atoms with van der Waals surface area (Å²) in [5.74, 6) is 0. The molecule has 0 aliphatic carbocycles. The number of hydrogen-bond donors (Lipinski definition) is 1. The van der Waals surface area contributed by atoms with Crippen molar-refractivity contribution < 1.29 is 0 Å². The van der Waals surface area contributed by atoms with Crippen molar-refractivity contribution in [2.75, 3.05) is 0 Å². The number of allylic oxidation sites excluding steroid dienone is 1. The van der Waals surface area contributed by atoms with Crippen LogP contribution >= 0.6 is 0 Å². The molecule has 2 N–H and O–H groups in total. The zero-order valence-corrected chi connectivity index (χ0v) is 10.5. The fourth-order valence-electron chi connectivity index (χ4n) is 1.49. The van der Waals surface area contributed by atoms with Gasteiger partial charge in [-0.15, -0.1) is 0 Å². The second-order valence-electron chi connectivity index (χ2n) is 3.37. The Morgan fingerprint density at radius 2 is 1.87 bits per heavy atom. The van der Waals surface area contributed by atoms with Gasteiger partial charge in [-0.3, -0.25) is 0 Å². The molecule has 0 bridgehead atoms. The summed E-state index contributed by atoms with van der Waals surface area (Å²) in [5, 5.41) is 0. The van der Waals surface area contributed by atoms with Gasteiger partial charge >= 0.3 is 0 Å². The Balaban J connectivity index is 0.000000921. The molecule has 0 fully saturated rings. The van der Waals surface area contributed by atoms with Gasteiger partial charge in [0.25, 0.3) is 0 Å². The molecule has 0 heterocycles. The van der Waals surface area contributed by atoms with E-state index in [1.165, 1.54) is 16.7 Å². The summed E-state index contributed by atoms with van der Waals surface area (Å²) in [6, 6.07) is 6.36. The van der Waals surface area contributed by atoms with Crippen molar-refractivity contribution in [2.24, 2.45) is 5.73 Å². The zero-order chi connectivity index (χ0) is 11.8. The highest BCUT2D eigenvalue weighted by Gasteiger charge is 2.05. The number of benzene rings is 1. The summed E-state index contributed by atoms with van der Waals surface area (Å²) in [6.07, 6.45) is 4.17. The van der Waals surface area contributed by atoms with E-state index < -0.39 is 0 Å². The van der Waals surface area contributed by atoms with Gasteiger partial charge in [0.1, 0.15) is 0 Å². The van der Waals surface area contributed by atoms with Crippen LogP contribution in [0, 0.1) is 6.92 Å². The third-order valence-corrected chi connectivity index (χ3v) is 2.18. The first kappa shape index (κ1) is 13.9. The Morgan fingerprint density at radius 3 is 2.33 bits per heavy atom. The lowest BCUT2D eigenvalue weighted by Gasteiger charge is -2.11. The molecule has 0 aromatic heterocycles. The van der Waals surface area contributed by atoms with E-state index in [0.717, 1.165) is 0 Å². The lowest BCUT2D eigenvalue weighted by atomic mass is 9.97. The Labute approximate surface area is 94.0 Å². The van der Waals surface area contributed by atoms with Crippen LogP contribution in [0.25, 0.3) is 6.08 Å². The normalized spacial score (nSPS) is 12.1. The van der Waals surface area contributed by atoms with E-state index in [9.17, 15) is 0 Å². The van der Waals surface area contributed by atoms with E-state index in [-0.39, 0.29) is 6.04 Å². The van der Waals surface area contributed by atoms with Gasteiger partial charge in [-0.1, -0.05) is 44.2 Å². The number of rotatable bonds is 2. The highest BCUT2D eigenvalue weighted by atomic mass is 14.6. The maximum Gasteiger partial charge on any atom is 0.0272 e. The molecule has 0 saturated carbocycles. The predicted octanol–water partition coefficient (Wildman–Crippen LogP) is 4.07. The van der Waals surface area contributed by atoms with Gasteiger partial charge in [0.15, 0.2) is 0 Å². The first-order valence-corrected chi connectivity index (χ1v) is 5.64. The van der Waals surface area contributed by atoms with Crippen LogP contribution < -0.4 is 5.73 Å². The van der Waals surface area contributed by atoms with Crippen LogP contribution in [0.15, 0.2) is 24.3 Å². The molecule has 1 heteroatoms. The maximum absolute atomic E-state index is 5.88. The molecule has 0 saturated heterocycles. The van der Waals surface area contributed by atoms with Crippen molar-refractivity contribution in [3.8, 4) is 0 Å². The minimum Gasteiger partial charge on any atom is -0.324 e. The summed E-state index contributed by atoms with van der Waals surface area (Å²) in [4.78, 5) is 0. The molecule has 1 nitrogen and oxygen atoms in total. The van der Waals surface area contributed by atoms with Crippen LogP contribution in [-0.2, 0) is 0 Å². The third kappa shape index (κ3) is 3.88. The Kier molecular flexibility index (Phi) is 6.72. The van der Waals surface area contributed by atoms with Crippen molar-refractivity contribution in [1.29, 1.82) is 0 Å². The van der Waals surface area contributed by atoms with Crippen LogP contribution in [0.2, 0.25) is 0 Å². The summed E-state index contributed by atoms with van der Waals surface area (Å²) >= 11 is 0. The standard InChI is InChI=1S/C12H17N.C2H6/c1-4-6-11-9(2)7-5-8-12(11)10(3)13;1-2/h4-8,10H,13H2,1-3H3;1-2H3/b6-4-;/t10-;/m1./s1. The summed E-state index contributed by atoms with van der Waals surface area (Å²) in [6.45, 7) is 10.2. The van der Waals surface area contributed by atoms with Crippen molar-refractivity contribution in [3.05, 3.63) is 41.0 Å². The van der Waals surface area contributed by atoms with Gasteiger partial charge in [0.2, 0.25) is 0 Å². The molecule has 0 amide bonds. The summed E-state index contributed by atoms with van der Waals surface area (Å²) in [7, 11) is 0. The Bertz CT molecular complexity index is 311. The first-order valence-electron chi connectivity index (χ1n) is 5.64. The minimum atomic E-state index is 0.103. The van der Waals surface area contributed by atoms with Crippen molar-refractivity contribution in [3.63, 3.8) is 0 Å². The zero-order valence-electron chi connectivity index (χ0n) is 10.5. The van der Waals surface area contributed by atoms with Crippen LogP contribution in [0.5, 0.6) is 0 Å². The number of aryl methyl sites for hydroxylation is 1. The Hall–Kier alpha value is -1.08. The van der Waals surface area contributed by atoms with Gasteiger partial charge in [-0.2, -0.15) is 0 Å². The van der Waals surface area contributed by atoms with Crippen molar-refractivity contribution in [2.45, 2.75) is 40.7 Å². The fraction of sp³-hybridized carbons (Fsp3) is 0.429. The molecule has 1 rings (SSSR count). The third-order valence-electron chi connectivity index (χ3n) is 2.18. The predicted molar refractivity (Wildman–Crippen MR) is 69.8 cm³/mol. The van der Waals surface area contributed by atoms with Crippen molar-refractivity contribution >= 4 is 6.08 Å². The monoisotopic (exact) mass is 205 g/mol. The summed E-state index contributed by atoms with van der Waals surface area (Å²) in [5.41, 5.74) is 9.65. The molecular formula is C14H23N. The maximum atomic E-state index is 5.88. The number of hydrogen-bond acceptors (Lipinski definition) is 1. The molecule has 84 valence electrons. The van der Waals surface area contributed by atoms with E-state index in [2.05, 4.69) is 31.2 Å². The van der Waals surface area contributed by atoms with E-state index in [1.54, 1.807) is 0 Å². The van der Waals surface area contributed by atoms with Crippen LogP contribution in [0.1, 0.15) is 50.4 Å². The second kappa shape index (κ2) is 7.24. The fourth-order valence-corrected chi connectivity index (χ4v) is 1.49. The van der Waals surface area contributed by atoms with E-state index in [1.807, 2.05) is 33.8 Å². The summed E-state index contributed by atoms with van der Waals surface area (Å²) < 4.78 is 0. The molecule has 0 aliphatic heterocycles. The Morgan fingerprint density at radius 1 is 1.27 bits per heavy atom. The largest absolute Gasteiger partial charge is 0.324 e. The lowest BCUT2D eigenvalue weighted by molar-refractivity contribution is 0.814. The molecule has 0 aliphatic rings. The average molecular weight is 205 g/mol. The molecule has 1 atom stereocenters. The average Bonchev–Trinajstić information content (AvgIpc) is 2.24. The minimum absolute atomic E-state index is 0.103. The van der Waals surface area contributed by atoms with E-state index in [0.29, 0.717) is 0 Å². The molecule has 0 unspecified atom stereocenters. The highest BCUT2D eigenvalue weighted by Crippen LogP contribution is 2.20. The molecular weight excluding hydrogens is 182 g/mol. The van der Waals surface area contributed by atoms with Gasteiger partial charge < -0.3 is 5.73 Å². The lowest BCUT2D eigenvalue weighted by Crippen LogP contribution is -2.07.